The number of thioether (sulfide) groups is 1. The maximum Gasteiger partial charge on any atom is 0.325 e. The van der Waals surface area contributed by atoms with Gasteiger partial charge in [-0.05, 0) is 30.2 Å². The summed E-state index contributed by atoms with van der Waals surface area (Å²) < 4.78 is 5.36. The molecule has 0 saturated carbocycles. The molecule has 0 radical (unpaired) electrons. The van der Waals surface area contributed by atoms with Crippen LogP contribution < -0.4 is 4.74 Å². The molecular weight excluding hydrogens is 315 g/mol. The van der Waals surface area contributed by atoms with Crippen molar-refractivity contribution < 1.29 is 9.53 Å². The Hall–Kier alpha value is -1.16. The molecule has 1 aliphatic rings. The van der Waals surface area contributed by atoms with Gasteiger partial charge >= 0.3 is 5.97 Å². The molecule has 102 valence electrons. The minimum Gasteiger partial charge on any atom is -0.426 e. The summed E-state index contributed by atoms with van der Waals surface area (Å²) in [5.74, 6) is 0.158. The lowest BCUT2D eigenvalue weighted by atomic mass is 10.1. The highest BCUT2D eigenvalue weighted by Gasteiger charge is 2.29. The number of hydrogen-bond acceptors (Lipinski definition) is 3. The molecule has 3 rings (SSSR count). The zero-order valence-electron chi connectivity index (χ0n) is 10.3. The summed E-state index contributed by atoms with van der Waals surface area (Å²) in [6, 6.07) is 12.8. The molecule has 1 atom stereocenters. The van der Waals surface area contributed by atoms with Gasteiger partial charge in [-0.2, -0.15) is 0 Å². The zero-order chi connectivity index (χ0) is 14.1. The average Bonchev–Trinajstić information content (AvgIpc) is 2.87. The molecule has 0 bridgehead atoms. The van der Waals surface area contributed by atoms with Crippen LogP contribution >= 0.6 is 35.0 Å². The van der Waals surface area contributed by atoms with Crippen LogP contribution in [0.15, 0.2) is 47.4 Å². The Labute approximate surface area is 131 Å². The number of esters is 1. The molecule has 0 fully saturated rings. The fourth-order valence-electron chi connectivity index (χ4n) is 2.04. The van der Waals surface area contributed by atoms with Gasteiger partial charge in [0, 0.05) is 11.0 Å². The Bertz CT molecular complexity index is 648. The van der Waals surface area contributed by atoms with E-state index in [0.717, 1.165) is 4.90 Å². The first-order valence-electron chi connectivity index (χ1n) is 6.05. The van der Waals surface area contributed by atoms with Gasteiger partial charge in [-0.3, -0.25) is 4.79 Å². The molecule has 2 nitrogen and oxygen atoms in total. The SMILES string of the molecule is O=C(Oc1ccc(Cl)c(Cl)c1)C1Cc2ccccc2S1. The molecule has 2 aromatic carbocycles. The van der Waals surface area contributed by atoms with Crippen LogP contribution in [0.5, 0.6) is 5.75 Å². The van der Waals surface area contributed by atoms with E-state index in [1.54, 1.807) is 18.2 Å². The summed E-state index contributed by atoms with van der Waals surface area (Å²) in [5, 5.41) is 0.607. The molecule has 0 saturated heterocycles. The number of halogens is 2. The fraction of sp³-hybridized carbons (Fsp3) is 0.133. The standard InChI is InChI=1S/C15H10Cl2O2S/c16-11-6-5-10(8-12(11)17)19-15(18)14-7-9-3-1-2-4-13(9)20-14/h1-6,8,14H,7H2. The van der Waals surface area contributed by atoms with Gasteiger partial charge in [0.15, 0.2) is 0 Å². The molecule has 1 heterocycles. The predicted octanol–water partition coefficient (Wildman–Crippen LogP) is 4.62. The monoisotopic (exact) mass is 324 g/mol. The first-order valence-corrected chi connectivity index (χ1v) is 7.68. The number of carbonyl (C=O) groups excluding carboxylic acids is 1. The quantitative estimate of drug-likeness (QED) is 0.595. The molecule has 2 aromatic rings. The Morgan fingerprint density at radius 1 is 1.15 bits per heavy atom. The van der Waals surface area contributed by atoms with E-state index in [1.165, 1.54) is 17.3 Å². The van der Waals surface area contributed by atoms with Gasteiger partial charge in [-0.1, -0.05) is 41.4 Å². The van der Waals surface area contributed by atoms with E-state index >= 15 is 0 Å². The van der Waals surface area contributed by atoms with Crippen LogP contribution in [0.1, 0.15) is 5.56 Å². The highest BCUT2D eigenvalue weighted by atomic mass is 35.5. The van der Waals surface area contributed by atoms with Gasteiger partial charge < -0.3 is 4.74 Å². The Kier molecular flexibility index (Phi) is 3.92. The molecule has 0 N–H and O–H groups in total. The second kappa shape index (κ2) is 5.68. The van der Waals surface area contributed by atoms with E-state index in [1.807, 2.05) is 24.3 Å². The lowest BCUT2D eigenvalue weighted by molar-refractivity contribution is -0.133. The third-order valence-electron chi connectivity index (χ3n) is 3.02. The van der Waals surface area contributed by atoms with Crippen molar-refractivity contribution in [1.82, 2.24) is 0 Å². The molecule has 1 unspecified atom stereocenters. The van der Waals surface area contributed by atoms with Gasteiger partial charge in [0.05, 0.1) is 10.0 Å². The highest BCUT2D eigenvalue weighted by molar-refractivity contribution is 8.01. The molecule has 0 aromatic heterocycles. The van der Waals surface area contributed by atoms with Crippen molar-refractivity contribution in [3.05, 3.63) is 58.1 Å². The van der Waals surface area contributed by atoms with Crippen LogP contribution in [0.3, 0.4) is 0 Å². The third-order valence-corrected chi connectivity index (χ3v) is 5.05. The van der Waals surface area contributed by atoms with Crippen LogP contribution in [0.4, 0.5) is 0 Å². The van der Waals surface area contributed by atoms with Crippen molar-refractivity contribution in [2.24, 2.45) is 0 Å². The first-order chi connectivity index (χ1) is 9.63. The minimum atomic E-state index is -0.260. The maximum absolute atomic E-state index is 12.2. The van der Waals surface area contributed by atoms with E-state index in [0.29, 0.717) is 22.2 Å². The van der Waals surface area contributed by atoms with E-state index < -0.39 is 0 Å². The number of hydrogen-bond donors (Lipinski definition) is 0. The number of benzene rings is 2. The van der Waals surface area contributed by atoms with Crippen molar-refractivity contribution in [2.45, 2.75) is 16.6 Å². The van der Waals surface area contributed by atoms with Crippen LogP contribution in [0.2, 0.25) is 10.0 Å². The van der Waals surface area contributed by atoms with Gasteiger partial charge in [-0.25, -0.2) is 0 Å². The minimum absolute atomic E-state index is 0.207. The number of ether oxygens (including phenoxy) is 1. The molecule has 0 amide bonds. The van der Waals surface area contributed by atoms with Gasteiger partial charge in [0.2, 0.25) is 0 Å². The van der Waals surface area contributed by atoms with Crippen molar-refractivity contribution in [2.75, 3.05) is 0 Å². The number of carbonyl (C=O) groups is 1. The Morgan fingerprint density at radius 2 is 1.95 bits per heavy atom. The number of fused-ring (bicyclic) bond motifs is 1. The van der Waals surface area contributed by atoms with Gasteiger partial charge in [0.25, 0.3) is 0 Å². The van der Waals surface area contributed by atoms with Gasteiger partial charge in [-0.15, -0.1) is 11.8 Å². The molecular formula is C15H10Cl2O2S. The zero-order valence-corrected chi connectivity index (χ0v) is 12.6. The molecule has 1 aliphatic heterocycles. The van der Waals surface area contributed by atoms with Gasteiger partial charge in [0.1, 0.15) is 11.0 Å². The normalized spacial score (nSPS) is 16.8. The predicted molar refractivity (Wildman–Crippen MR) is 81.9 cm³/mol. The third kappa shape index (κ3) is 2.80. The summed E-state index contributed by atoms with van der Waals surface area (Å²) in [6.07, 6.45) is 0.695. The maximum atomic E-state index is 12.2. The summed E-state index contributed by atoms with van der Waals surface area (Å²) in [7, 11) is 0. The van der Waals surface area contributed by atoms with Crippen LogP contribution in [0, 0.1) is 0 Å². The van der Waals surface area contributed by atoms with Crippen molar-refractivity contribution >= 4 is 40.9 Å². The van der Waals surface area contributed by atoms with E-state index in [-0.39, 0.29) is 11.2 Å². The molecule has 5 heteroatoms. The fourth-order valence-corrected chi connectivity index (χ4v) is 3.50. The van der Waals surface area contributed by atoms with E-state index in [2.05, 4.69) is 0 Å². The summed E-state index contributed by atoms with van der Waals surface area (Å²) in [4.78, 5) is 13.3. The van der Waals surface area contributed by atoms with E-state index in [4.69, 9.17) is 27.9 Å². The van der Waals surface area contributed by atoms with Crippen molar-refractivity contribution in [3.8, 4) is 5.75 Å². The Morgan fingerprint density at radius 3 is 2.70 bits per heavy atom. The smallest absolute Gasteiger partial charge is 0.325 e. The van der Waals surface area contributed by atoms with E-state index in [9.17, 15) is 4.79 Å². The summed E-state index contributed by atoms with van der Waals surface area (Å²) >= 11 is 13.3. The largest absolute Gasteiger partial charge is 0.426 e. The molecule has 0 spiro atoms. The lowest BCUT2D eigenvalue weighted by Crippen LogP contribution is -2.22. The molecule has 20 heavy (non-hydrogen) atoms. The lowest BCUT2D eigenvalue weighted by Gasteiger charge is -2.09. The second-order valence-electron chi connectivity index (χ2n) is 4.42. The topological polar surface area (TPSA) is 26.3 Å². The highest BCUT2D eigenvalue weighted by Crippen LogP contribution is 2.37. The average molecular weight is 325 g/mol. The second-order valence-corrected chi connectivity index (χ2v) is 6.47. The molecule has 0 aliphatic carbocycles. The van der Waals surface area contributed by atoms with Crippen molar-refractivity contribution in [1.29, 1.82) is 0 Å². The van der Waals surface area contributed by atoms with Crippen LogP contribution in [-0.4, -0.2) is 11.2 Å². The number of rotatable bonds is 2. The van der Waals surface area contributed by atoms with Crippen LogP contribution in [-0.2, 0) is 11.2 Å². The van der Waals surface area contributed by atoms with Crippen molar-refractivity contribution in [3.63, 3.8) is 0 Å². The van der Waals surface area contributed by atoms with Crippen LogP contribution in [0.25, 0.3) is 0 Å². The first kappa shape index (κ1) is 13.8. The Balaban J connectivity index is 1.71. The summed E-state index contributed by atoms with van der Waals surface area (Å²) in [6.45, 7) is 0. The summed E-state index contributed by atoms with van der Waals surface area (Å²) in [5.41, 5.74) is 1.19.